The van der Waals surface area contributed by atoms with E-state index in [-0.39, 0.29) is 0 Å². The Bertz CT molecular complexity index is 1130. The zero-order valence-corrected chi connectivity index (χ0v) is 15.8. The topological polar surface area (TPSA) is 44.1 Å². The van der Waals surface area contributed by atoms with Gasteiger partial charge >= 0.3 is 11.9 Å². The Morgan fingerprint density at radius 1 is 1.21 bits per heavy atom. The molecule has 0 radical (unpaired) electrons. The molecular formula is C22H19F3N2O2. The number of hydrogen-bond acceptors (Lipinski definition) is 3. The first kappa shape index (κ1) is 20.4. The average molecular weight is 400 g/mol. The lowest BCUT2D eigenvalue weighted by Gasteiger charge is -2.15. The van der Waals surface area contributed by atoms with Gasteiger partial charge in [0.1, 0.15) is 5.75 Å². The molecule has 150 valence electrons. The Kier molecular flexibility index (Phi) is 5.59. The quantitative estimate of drug-likeness (QED) is 0.508. The van der Waals surface area contributed by atoms with Crippen LogP contribution in [0.3, 0.4) is 0 Å². The van der Waals surface area contributed by atoms with Crippen LogP contribution in [0.1, 0.15) is 18.9 Å². The minimum absolute atomic E-state index is 0.352. The summed E-state index contributed by atoms with van der Waals surface area (Å²) in [6, 6.07) is 12.1. The van der Waals surface area contributed by atoms with Crippen LogP contribution in [0.15, 0.2) is 66.7 Å². The summed E-state index contributed by atoms with van der Waals surface area (Å²) < 4.78 is 44.5. The fourth-order valence-corrected chi connectivity index (χ4v) is 3.02. The molecule has 0 saturated carbocycles. The highest BCUT2D eigenvalue weighted by atomic mass is 19.4. The Morgan fingerprint density at radius 2 is 1.90 bits per heavy atom. The molecule has 0 N–H and O–H groups in total. The van der Waals surface area contributed by atoms with E-state index >= 15 is 0 Å². The van der Waals surface area contributed by atoms with Crippen LogP contribution in [0, 0.1) is 0 Å². The lowest BCUT2D eigenvalue weighted by atomic mass is 10.0. The van der Waals surface area contributed by atoms with Crippen molar-refractivity contribution < 1.29 is 17.9 Å². The Hall–Kier alpha value is -3.35. The smallest absolute Gasteiger partial charge is 0.390 e. The molecule has 0 bridgehead atoms. The molecule has 0 aliphatic rings. The standard InChI is InChI=1S/C22H19F3N2O2/c1-4-29-17-9-10-19-18(13-17)20(16-7-5-15(6-8-16)14(2)3)26-21(28)27(19)12-11-22(23,24)25/h4-10,13H,1-2,11-12H2,3H3. The van der Waals surface area contributed by atoms with Gasteiger partial charge in [0.05, 0.1) is 23.9 Å². The van der Waals surface area contributed by atoms with Crippen molar-refractivity contribution >= 4 is 16.5 Å². The zero-order valence-electron chi connectivity index (χ0n) is 15.8. The molecule has 7 heteroatoms. The zero-order chi connectivity index (χ0) is 21.2. The number of ether oxygens (including phenoxy) is 1. The third-order valence-corrected chi connectivity index (χ3v) is 4.44. The van der Waals surface area contributed by atoms with Crippen LogP contribution in [0.5, 0.6) is 5.75 Å². The first-order valence-electron chi connectivity index (χ1n) is 8.85. The maximum Gasteiger partial charge on any atom is 0.390 e. The second-order valence-corrected chi connectivity index (χ2v) is 6.58. The van der Waals surface area contributed by atoms with Gasteiger partial charge in [-0.1, -0.05) is 43.0 Å². The summed E-state index contributed by atoms with van der Waals surface area (Å²) in [5.74, 6) is 0.440. The van der Waals surface area contributed by atoms with Crippen LogP contribution in [0.4, 0.5) is 13.2 Å². The number of aryl methyl sites for hydroxylation is 1. The van der Waals surface area contributed by atoms with E-state index in [9.17, 15) is 18.0 Å². The highest BCUT2D eigenvalue weighted by molar-refractivity contribution is 5.93. The second kappa shape index (κ2) is 7.95. The molecule has 0 unspecified atom stereocenters. The number of nitrogens with zero attached hydrogens (tertiary/aromatic N) is 2. The summed E-state index contributed by atoms with van der Waals surface area (Å²) >= 11 is 0. The number of benzene rings is 2. The average Bonchev–Trinajstić information content (AvgIpc) is 2.66. The van der Waals surface area contributed by atoms with Gasteiger partial charge in [0.25, 0.3) is 0 Å². The third kappa shape index (κ3) is 4.56. The summed E-state index contributed by atoms with van der Waals surface area (Å²) in [6.07, 6.45) is -4.26. The number of hydrogen-bond donors (Lipinski definition) is 0. The minimum atomic E-state index is -4.38. The summed E-state index contributed by atoms with van der Waals surface area (Å²) in [7, 11) is 0. The molecule has 3 aromatic rings. The Labute approximate surface area is 165 Å². The molecular weight excluding hydrogens is 381 g/mol. The van der Waals surface area contributed by atoms with Gasteiger partial charge in [-0.2, -0.15) is 18.2 Å². The summed E-state index contributed by atoms with van der Waals surface area (Å²) in [5, 5.41) is 0.509. The monoisotopic (exact) mass is 400 g/mol. The van der Waals surface area contributed by atoms with Gasteiger partial charge in [-0.15, -0.1) is 0 Å². The van der Waals surface area contributed by atoms with Crippen LogP contribution < -0.4 is 10.4 Å². The van der Waals surface area contributed by atoms with Gasteiger partial charge in [-0.3, -0.25) is 4.57 Å². The molecule has 0 fully saturated rings. The van der Waals surface area contributed by atoms with Crippen molar-refractivity contribution in [2.24, 2.45) is 0 Å². The van der Waals surface area contributed by atoms with E-state index < -0.39 is 24.8 Å². The van der Waals surface area contributed by atoms with Gasteiger partial charge < -0.3 is 4.74 Å². The van der Waals surface area contributed by atoms with Crippen molar-refractivity contribution in [1.29, 1.82) is 0 Å². The van der Waals surface area contributed by atoms with Crippen LogP contribution in [0.2, 0.25) is 0 Å². The largest absolute Gasteiger partial charge is 0.466 e. The molecule has 3 rings (SSSR count). The van der Waals surface area contributed by atoms with Crippen molar-refractivity contribution in [3.05, 3.63) is 77.9 Å². The van der Waals surface area contributed by atoms with Crippen LogP contribution in [0.25, 0.3) is 27.7 Å². The summed E-state index contributed by atoms with van der Waals surface area (Å²) in [4.78, 5) is 16.6. The van der Waals surface area contributed by atoms with E-state index in [1.807, 2.05) is 19.1 Å². The summed E-state index contributed by atoms with van der Waals surface area (Å²) in [5.41, 5.74) is 2.47. The van der Waals surface area contributed by atoms with Gasteiger partial charge in [0.2, 0.25) is 0 Å². The van der Waals surface area contributed by atoms with Crippen molar-refractivity contribution in [1.82, 2.24) is 9.55 Å². The molecule has 0 atom stereocenters. The van der Waals surface area contributed by atoms with E-state index in [4.69, 9.17) is 4.74 Å². The predicted octanol–water partition coefficient (Wildman–Crippen LogP) is 5.57. The van der Waals surface area contributed by atoms with Crippen molar-refractivity contribution in [2.75, 3.05) is 0 Å². The van der Waals surface area contributed by atoms with Crippen molar-refractivity contribution in [3.8, 4) is 17.0 Å². The number of alkyl halides is 3. The highest BCUT2D eigenvalue weighted by Crippen LogP contribution is 2.30. The fraction of sp³-hybridized carbons (Fsp3) is 0.182. The van der Waals surface area contributed by atoms with Crippen LogP contribution in [-0.2, 0) is 6.54 Å². The molecule has 0 aliphatic carbocycles. The SMILES string of the molecule is C=COc1ccc2c(c1)c(-c1ccc(C(=C)C)cc1)nc(=O)n2CCC(F)(F)F. The fourth-order valence-electron chi connectivity index (χ4n) is 3.02. The maximum absolute atomic E-state index is 12.7. The molecule has 0 saturated heterocycles. The van der Waals surface area contributed by atoms with Gasteiger partial charge in [-0.25, -0.2) is 4.79 Å². The maximum atomic E-state index is 12.7. The molecule has 0 amide bonds. The predicted molar refractivity (Wildman–Crippen MR) is 108 cm³/mol. The van der Waals surface area contributed by atoms with E-state index in [0.717, 1.165) is 15.7 Å². The lowest BCUT2D eigenvalue weighted by Crippen LogP contribution is -2.26. The number of halogens is 3. The number of fused-ring (bicyclic) bond motifs is 1. The molecule has 29 heavy (non-hydrogen) atoms. The molecule has 1 heterocycles. The first-order chi connectivity index (χ1) is 13.7. The second-order valence-electron chi connectivity index (χ2n) is 6.58. The highest BCUT2D eigenvalue weighted by Gasteiger charge is 2.27. The number of allylic oxidation sites excluding steroid dienone is 1. The van der Waals surface area contributed by atoms with E-state index in [1.54, 1.807) is 30.3 Å². The van der Waals surface area contributed by atoms with Gasteiger partial charge in [0.15, 0.2) is 0 Å². The van der Waals surface area contributed by atoms with Crippen molar-refractivity contribution in [3.63, 3.8) is 0 Å². The number of aromatic nitrogens is 2. The van der Waals surface area contributed by atoms with Gasteiger partial charge in [0, 0.05) is 17.5 Å². The van der Waals surface area contributed by atoms with E-state index in [0.29, 0.717) is 27.9 Å². The third-order valence-electron chi connectivity index (χ3n) is 4.44. The molecule has 0 aliphatic heterocycles. The molecule has 4 nitrogen and oxygen atoms in total. The molecule has 2 aromatic carbocycles. The lowest BCUT2D eigenvalue weighted by molar-refractivity contribution is -0.136. The first-order valence-corrected chi connectivity index (χ1v) is 8.85. The van der Waals surface area contributed by atoms with Crippen LogP contribution >= 0.6 is 0 Å². The Balaban J connectivity index is 2.21. The van der Waals surface area contributed by atoms with E-state index in [2.05, 4.69) is 18.1 Å². The number of rotatable bonds is 6. The normalized spacial score (nSPS) is 11.4. The summed E-state index contributed by atoms with van der Waals surface area (Å²) in [6.45, 7) is 8.76. The molecule has 0 spiro atoms. The molecule has 1 aromatic heterocycles. The minimum Gasteiger partial charge on any atom is -0.466 e. The van der Waals surface area contributed by atoms with Crippen molar-refractivity contribution in [2.45, 2.75) is 26.1 Å². The van der Waals surface area contributed by atoms with Gasteiger partial charge in [-0.05, 0) is 30.7 Å². The van der Waals surface area contributed by atoms with E-state index in [1.165, 1.54) is 6.26 Å². The Morgan fingerprint density at radius 3 is 2.48 bits per heavy atom. The van der Waals surface area contributed by atoms with Crippen LogP contribution in [-0.4, -0.2) is 15.7 Å².